The molecule has 1 aromatic rings. The highest BCUT2D eigenvalue weighted by molar-refractivity contribution is 5.25. The van der Waals surface area contributed by atoms with Gasteiger partial charge in [-0.1, -0.05) is 0 Å². The van der Waals surface area contributed by atoms with Crippen molar-refractivity contribution in [3.05, 3.63) is 17.0 Å². The summed E-state index contributed by atoms with van der Waals surface area (Å²) < 4.78 is 26.0. The number of hydrogen-bond acceptors (Lipinski definition) is 1. The Morgan fingerprint density at radius 2 is 1.91 bits per heavy atom. The van der Waals surface area contributed by atoms with Gasteiger partial charge in [-0.15, -0.1) is 0 Å². The van der Waals surface area contributed by atoms with Crippen molar-refractivity contribution < 1.29 is 8.78 Å². The largest absolute Gasteiger partial charge is 0.272 e. The van der Waals surface area contributed by atoms with Gasteiger partial charge in [0.15, 0.2) is 0 Å². The zero-order chi connectivity index (χ0) is 8.59. The van der Waals surface area contributed by atoms with E-state index in [9.17, 15) is 8.78 Å². The molecule has 0 atom stereocenters. The van der Waals surface area contributed by atoms with Crippen molar-refractivity contribution in [2.75, 3.05) is 0 Å². The maximum absolute atomic E-state index is 12.2. The Morgan fingerprint density at radius 1 is 1.36 bits per heavy atom. The molecule has 0 spiro atoms. The molecule has 0 aliphatic carbocycles. The summed E-state index contributed by atoms with van der Waals surface area (Å²) in [5.74, 6) is 0. The Bertz CT molecular complexity index is 266. The van der Waals surface area contributed by atoms with Crippen molar-refractivity contribution >= 4 is 0 Å². The Kier molecular flexibility index (Phi) is 1.93. The first-order valence-electron chi connectivity index (χ1n) is 3.32. The minimum absolute atomic E-state index is 0.0625. The Labute approximate surface area is 63.8 Å². The third-order valence-electron chi connectivity index (χ3n) is 1.78. The smallest absolute Gasteiger partial charge is 0.267 e. The molecular weight excluding hydrogens is 150 g/mol. The molecule has 11 heavy (non-hydrogen) atoms. The summed E-state index contributed by atoms with van der Waals surface area (Å²) in [6.07, 6.45) is -2.41. The second kappa shape index (κ2) is 2.60. The molecule has 1 rings (SSSR count). The number of halogens is 2. The highest BCUT2D eigenvalue weighted by atomic mass is 19.3. The monoisotopic (exact) mass is 160 g/mol. The summed E-state index contributed by atoms with van der Waals surface area (Å²) in [6.45, 7) is 3.23. The molecule has 0 aliphatic heterocycles. The summed E-state index contributed by atoms with van der Waals surface area (Å²) >= 11 is 0. The van der Waals surface area contributed by atoms with Gasteiger partial charge in [-0.2, -0.15) is 5.10 Å². The predicted octanol–water partition coefficient (Wildman–Crippen LogP) is 1.97. The number of aromatic nitrogens is 2. The van der Waals surface area contributed by atoms with E-state index in [1.807, 2.05) is 0 Å². The van der Waals surface area contributed by atoms with Crippen LogP contribution in [0.25, 0.3) is 0 Å². The average Bonchev–Trinajstić information content (AvgIpc) is 2.07. The van der Waals surface area contributed by atoms with Gasteiger partial charge in [-0.05, 0) is 13.8 Å². The lowest BCUT2D eigenvalue weighted by Gasteiger charge is -1.97. The molecule has 0 saturated carbocycles. The van der Waals surface area contributed by atoms with Gasteiger partial charge in [0, 0.05) is 12.7 Å². The zero-order valence-corrected chi connectivity index (χ0v) is 6.73. The molecule has 0 aliphatic rings. The van der Waals surface area contributed by atoms with Crippen LogP contribution in [0.3, 0.4) is 0 Å². The molecule has 2 nitrogen and oxygen atoms in total. The number of nitrogens with zero attached hydrogens (tertiary/aromatic N) is 2. The zero-order valence-electron chi connectivity index (χ0n) is 6.73. The molecule has 1 heterocycles. The second-order valence-electron chi connectivity index (χ2n) is 2.51. The van der Waals surface area contributed by atoms with Gasteiger partial charge in [0.1, 0.15) is 0 Å². The van der Waals surface area contributed by atoms with Crippen LogP contribution >= 0.6 is 0 Å². The maximum Gasteiger partial charge on any atom is 0.267 e. The molecule has 0 fully saturated rings. The molecular formula is C7H10F2N2. The highest BCUT2D eigenvalue weighted by Crippen LogP contribution is 2.24. The quantitative estimate of drug-likeness (QED) is 0.614. The summed E-state index contributed by atoms with van der Waals surface area (Å²) in [6, 6.07) is 0. The normalized spacial score (nSPS) is 11.1. The van der Waals surface area contributed by atoms with Gasteiger partial charge in [-0.3, -0.25) is 4.68 Å². The van der Waals surface area contributed by atoms with Crippen LogP contribution < -0.4 is 0 Å². The van der Waals surface area contributed by atoms with Crippen LogP contribution in [0.1, 0.15) is 23.4 Å². The number of hydrogen-bond donors (Lipinski definition) is 0. The Balaban J connectivity index is 3.22. The lowest BCUT2D eigenvalue weighted by atomic mass is 10.2. The Hall–Kier alpha value is -0.930. The third kappa shape index (κ3) is 1.25. The lowest BCUT2D eigenvalue weighted by Crippen LogP contribution is -1.94. The summed E-state index contributed by atoms with van der Waals surface area (Å²) in [5, 5.41) is 3.87. The summed E-state index contributed by atoms with van der Waals surface area (Å²) in [4.78, 5) is 0. The van der Waals surface area contributed by atoms with E-state index in [4.69, 9.17) is 0 Å². The topological polar surface area (TPSA) is 17.8 Å². The molecule has 0 amide bonds. The Morgan fingerprint density at radius 3 is 2.09 bits per heavy atom. The van der Waals surface area contributed by atoms with E-state index < -0.39 is 6.43 Å². The van der Waals surface area contributed by atoms with E-state index in [1.165, 1.54) is 4.68 Å². The molecule has 0 aromatic carbocycles. The van der Waals surface area contributed by atoms with Crippen molar-refractivity contribution in [1.29, 1.82) is 0 Å². The van der Waals surface area contributed by atoms with E-state index in [-0.39, 0.29) is 5.56 Å². The molecule has 0 radical (unpaired) electrons. The lowest BCUT2D eigenvalue weighted by molar-refractivity contribution is 0.149. The van der Waals surface area contributed by atoms with Gasteiger partial charge in [0.25, 0.3) is 6.43 Å². The summed E-state index contributed by atoms with van der Waals surface area (Å²) in [5.41, 5.74) is 1.02. The minimum atomic E-state index is -2.41. The van der Waals surface area contributed by atoms with Gasteiger partial charge in [-0.25, -0.2) is 8.78 Å². The fraction of sp³-hybridized carbons (Fsp3) is 0.571. The van der Waals surface area contributed by atoms with E-state index in [0.717, 1.165) is 0 Å². The van der Waals surface area contributed by atoms with E-state index in [2.05, 4.69) is 5.10 Å². The summed E-state index contributed by atoms with van der Waals surface area (Å²) in [7, 11) is 1.66. The van der Waals surface area contributed by atoms with Gasteiger partial charge in [0.05, 0.1) is 11.3 Å². The molecule has 0 unspecified atom stereocenters. The van der Waals surface area contributed by atoms with Gasteiger partial charge in [0.2, 0.25) is 0 Å². The standard InChI is InChI=1S/C7H10F2N2/c1-4-6(7(8)9)5(2)11(3)10-4/h7H,1-3H3. The third-order valence-corrected chi connectivity index (χ3v) is 1.78. The maximum atomic E-state index is 12.2. The number of alkyl halides is 2. The van der Waals surface area contributed by atoms with E-state index >= 15 is 0 Å². The van der Waals surface area contributed by atoms with Gasteiger partial charge >= 0.3 is 0 Å². The molecule has 0 saturated heterocycles. The van der Waals surface area contributed by atoms with Crippen molar-refractivity contribution in [1.82, 2.24) is 9.78 Å². The predicted molar refractivity (Wildman–Crippen MR) is 37.6 cm³/mol. The number of aryl methyl sites for hydroxylation is 2. The van der Waals surface area contributed by atoms with Crippen molar-refractivity contribution in [2.24, 2.45) is 7.05 Å². The molecule has 1 aromatic heterocycles. The first-order valence-corrected chi connectivity index (χ1v) is 3.32. The van der Waals surface area contributed by atoms with E-state index in [0.29, 0.717) is 11.4 Å². The van der Waals surface area contributed by atoms with Crippen molar-refractivity contribution in [2.45, 2.75) is 20.3 Å². The average molecular weight is 160 g/mol. The molecule has 0 bridgehead atoms. The fourth-order valence-electron chi connectivity index (χ4n) is 1.11. The van der Waals surface area contributed by atoms with Crippen LogP contribution in [0.15, 0.2) is 0 Å². The first kappa shape index (κ1) is 8.17. The molecule has 62 valence electrons. The molecule has 4 heteroatoms. The SMILES string of the molecule is Cc1nn(C)c(C)c1C(F)F. The van der Waals surface area contributed by atoms with Crippen molar-refractivity contribution in [3.8, 4) is 0 Å². The van der Waals surface area contributed by atoms with Crippen LogP contribution in [-0.2, 0) is 7.05 Å². The minimum Gasteiger partial charge on any atom is -0.272 e. The molecule has 0 N–H and O–H groups in total. The van der Waals surface area contributed by atoms with Crippen LogP contribution in [0.5, 0.6) is 0 Å². The van der Waals surface area contributed by atoms with Crippen LogP contribution in [-0.4, -0.2) is 9.78 Å². The van der Waals surface area contributed by atoms with Crippen LogP contribution in [0.4, 0.5) is 8.78 Å². The van der Waals surface area contributed by atoms with Crippen LogP contribution in [0.2, 0.25) is 0 Å². The second-order valence-corrected chi connectivity index (χ2v) is 2.51. The van der Waals surface area contributed by atoms with Gasteiger partial charge < -0.3 is 0 Å². The van der Waals surface area contributed by atoms with Crippen LogP contribution in [0, 0.1) is 13.8 Å². The van der Waals surface area contributed by atoms with Crippen molar-refractivity contribution in [3.63, 3.8) is 0 Å². The van der Waals surface area contributed by atoms with E-state index in [1.54, 1.807) is 20.9 Å². The number of rotatable bonds is 1. The highest BCUT2D eigenvalue weighted by Gasteiger charge is 2.17. The first-order chi connectivity index (χ1) is 5.04. The fourth-order valence-corrected chi connectivity index (χ4v) is 1.11.